The summed E-state index contributed by atoms with van der Waals surface area (Å²) in [5.74, 6) is 0.0151. The summed E-state index contributed by atoms with van der Waals surface area (Å²) in [4.78, 5) is 10.8. The Morgan fingerprint density at radius 2 is 2.07 bits per heavy atom. The van der Waals surface area contributed by atoms with Gasteiger partial charge in [0.05, 0.1) is 0 Å². The smallest absolute Gasteiger partial charge is 0.243 e. The van der Waals surface area contributed by atoms with E-state index < -0.39 is 0 Å². The second kappa shape index (κ2) is 5.40. The third-order valence-corrected chi connectivity index (χ3v) is 2.30. The lowest BCUT2D eigenvalue weighted by Gasteiger charge is -2.10. The van der Waals surface area contributed by atoms with Crippen LogP contribution in [0, 0.1) is 0 Å². The summed E-state index contributed by atoms with van der Waals surface area (Å²) < 4.78 is 0. The molecule has 1 aromatic carbocycles. The van der Waals surface area contributed by atoms with Gasteiger partial charge in [-0.15, -0.1) is 0 Å². The number of benzene rings is 1. The van der Waals surface area contributed by atoms with Crippen LogP contribution in [0.1, 0.15) is 31.2 Å². The Balaban J connectivity index is 2.43. The molecule has 0 fully saturated rings. The van der Waals surface area contributed by atoms with E-state index in [4.69, 9.17) is 5.21 Å². The maximum Gasteiger partial charge on any atom is 0.243 e. The fourth-order valence-electron chi connectivity index (χ4n) is 1.35. The zero-order valence-corrected chi connectivity index (χ0v) is 8.23. The van der Waals surface area contributed by atoms with Crippen LogP contribution in [0.5, 0.6) is 0 Å². The van der Waals surface area contributed by atoms with Gasteiger partial charge in [-0.25, -0.2) is 5.48 Å². The normalized spacial score (nSPS) is 12.1. The van der Waals surface area contributed by atoms with Crippen molar-refractivity contribution in [1.82, 2.24) is 5.48 Å². The number of carbonyl (C=O) groups excluding carboxylic acids is 1. The highest BCUT2D eigenvalue weighted by molar-refractivity contribution is 5.74. The maximum absolute atomic E-state index is 10.8. The highest BCUT2D eigenvalue weighted by Gasteiger charge is 2.07. The summed E-state index contributed by atoms with van der Waals surface area (Å²) in [7, 11) is 0. The van der Waals surface area contributed by atoms with Gasteiger partial charge in [0.25, 0.3) is 0 Å². The van der Waals surface area contributed by atoms with Crippen LogP contribution >= 0.6 is 0 Å². The first-order valence-corrected chi connectivity index (χ1v) is 4.72. The van der Waals surface area contributed by atoms with Crippen molar-refractivity contribution in [3.05, 3.63) is 35.9 Å². The number of rotatable bonds is 4. The van der Waals surface area contributed by atoms with Crippen LogP contribution < -0.4 is 5.48 Å². The van der Waals surface area contributed by atoms with Crippen molar-refractivity contribution in [2.75, 3.05) is 0 Å². The number of hydrogen-bond acceptors (Lipinski definition) is 2. The Kier molecular flexibility index (Phi) is 4.13. The van der Waals surface area contributed by atoms with Crippen LogP contribution in [0.25, 0.3) is 0 Å². The van der Waals surface area contributed by atoms with Crippen molar-refractivity contribution in [2.24, 2.45) is 0 Å². The second-order valence-electron chi connectivity index (χ2n) is 3.39. The predicted octanol–water partition coefficient (Wildman–Crippen LogP) is 2.08. The van der Waals surface area contributed by atoms with Gasteiger partial charge in [0, 0.05) is 6.42 Å². The monoisotopic (exact) mass is 193 g/mol. The summed E-state index contributed by atoms with van der Waals surface area (Å²) in [6.07, 6.45) is 1.10. The molecule has 0 bridgehead atoms. The van der Waals surface area contributed by atoms with Gasteiger partial charge in [0.2, 0.25) is 5.91 Å². The van der Waals surface area contributed by atoms with E-state index in [2.05, 4.69) is 6.92 Å². The molecule has 1 rings (SSSR count). The summed E-state index contributed by atoms with van der Waals surface area (Å²) in [5.41, 5.74) is 2.85. The number of hydrogen-bond donors (Lipinski definition) is 2. The van der Waals surface area contributed by atoms with Gasteiger partial charge in [-0.1, -0.05) is 37.3 Å². The Hall–Kier alpha value is -1.35. The summed E-state index contributed by atoms with van der Waals surface area (Å²) in [6, 6.07) is 10.0. The maximum atomic E-state index is 10.8. The van der Waals surface area contributed by atoms with Crippen LogP contribution in [0.4, 0.5) is 0 Å². The molecule has 0 aliphatic carbocycles. The summed E-state index contributed by atoms with van der Waals surface area (Å²) >= 11 is 0. The van der Waals surface area contributed by atoms with E-state index in [0.717, 1.165) is 6.42 Å². The van der Waals surface area contributed by atoms with Gasteiger partial charge < -0.3 is 0 Å². The molecule has 0 spiro atoms. The molecular weight excluding hydrogens is 178 g/mol. The molecule has 0 aromatic heterocycles. The molecule has 0 saturated heterocycles. The Morgan fingerprint density at radius 3 is 2.64 bits per heavy atom. The first kappa shape index (κ1) is 10.7. The van der Waals surface area contributed by atoms with Gasteiger partial charge in [-0.3, -0.25) is 10.0 Å². The van der Waals surface area contributed by atoms with E-state index in [1.807, 2.05) is 30.3 Å². The quantitative estimate of drug-likeness (QED) is 0.568. The molecule has 2 N–H and O–H groups in total. The van der Waals surface area contributed by atoms with Crippen molar-refractivity contribution >= 4 is 5.91 Å². The molecule has 0 saturated carbocycles. The fraction of sp³-hybridized carbons (Fsp3) is 0.364. The molecule has 1 atom stereocenters. The molecule has 3 heteroatoms. The van der Waals surface area contributed by atoms with Gasteiger partial charge >= 0.3 is 0 Å². The number of carbonyl (C=O) groups is 1. The molecule has 76 valence electrons. The van der Waals surface area contributed by atoms with Gasteiger partial charge in [-0.2, -0.15) is 0 Å². The van der Waals surface area contributed by atoms with Gasteiger partial charge in [-0.05, 0) is 17.9 Å². The lowest BCUT2D eigenvalue weighted by atomic mass is 9.96. The van der Waals surface area contributed by atoms with E-state index in [1.165, 1.54) is 5.56 Å². The largest absolute Gasteiger partial charge is 0.289 e. The highest BCUT2D eigenvalue weighted by atomic mass is 16.5. The van der Waals surface area contributed by atoms with Crippen LogP contribution in [0.2, 0.25) is 0 Å². The third kappa shape index (κ3) is 3.18. The average Bonchev–Trinajstić information content (AvgIpc) is 2.26. The van der Waals surface area contributed by atoms with Crippen molar-refractivity contribution in [1.29, 1.82) is 0 Å². The molecule has 1 amide bonds. The van der Waals surface area contributed by atoms with Crippen LogP contribution in [-0.4, -0.2) is 11.1 Å². The zero-order valence-electron chi connectivity index (χ0n) is 8.23. The summed E-state index contributed by atoms with van der Waals surface area (Å²) in [6.45, 7) is 2.07. The van der Waals surface area contributed by atoms with Crippen molar-refractivity contribution < 1.29 is 10.0 Å². The minimum absolute atomic E-state index is 0.326. The Labute approximate surface area is 83.7 Å². The van der Waals surface area contributed by atoms with E-state index in [9.17, 15) is 4.79 Å². The molecule has 0 aliphatic heterocycles. The average molecular weight is 193 g/mol. The molecule has 14 heavy (non-hydrogen) atoms. The van der Waals surface area contributed by atoms with E-state index in [-0.39, 0.29) is 5.91 Å². The lowest BCUT2D eigenvalue weighted by molar-refractivity contribution is -0.129. The van der Waals surface area contributed by atoms with Crippen LogP contribution in [-0.2, 0) is 4.79 Å². The van der Waals surface area contributed by atoms with Gasteiger partial charge in [0.1, 0.15) is 0 Å². The minimum Gasteiger partial charge on any atom is -0.289 e. The first-order valence-electron chi connectivity index (χ1n) is 4.72. The molecular formula is C11H15NO2. The number of hydroxylamine groups is 1. The Bertz CT molecular complexity index is 285. The minimum atomic E-state index is -0.326. The van der Waals surface area contributed by atoms with Crippen LogP contribution in [0.15, 0.2) is 30.3 Å². The van der Waals surface area contributed by atoms with Crippen molar-refractivity contribution in [3.63, 3.8) is 0 Å². The standard InChI is InChI=1S/C11H15NO2/c1-9(7-8-11(13)12-14)10-5-3-2-4-6-10/h2-6,9,14H,7-8H2,1H3,(H,12,13)/t9-/m1/s1. The number of nitrogens with one attached hydrogen (secondary N) is 1. The van der Waals surface area contributed by atoms with Crippen molar-refractivity contribution in [2.45, 2.75) is 25.7 Å². The molecule has 0 radical (unpaired) electrons. The topological polar surface area (TPSA) is 49.3 Å². The van der Waals surface area contributed by atoms with Crippen LogP contribution in [0.3, 0.4) is 0 Å². The molecule has 1 aromatic rings. The van der Waals surface area contributed by atoms with E-state index >= 15 is 0 Å². The highest BCUT2D eigenvalue weighted by Crippen LogP contribution is 2.19. The molecule has 0 unspecified atom stereocenters. The SMILES string of the molecule is C[C@H](CCC(=O)NO)c1ccccc1. The summed E-state index contributed by atoms with van der Waals surface area (Å²) in [5, 5.41) is 8.32. The third-order valence-electron chi connectivity index (χ3n) is 2.30. The molecule has 0 aliphatic rings. The molecule has 0 heterocycles. The van der Waals surface area contributed by atoms with Crippen molar-refractivity contribution in [3.8, 4) is 0 Å². The number of amides is 1. The second-order valence-corrected chi connectivity index (χ2v) is 3.39. The van der Waals surface area contributed by atoms with E-state index in [0.29, 0.717) is 12.3 Å². The van der Waals surface area contributed by atoms with Gasteiger partial charge in [0.15, 0.2) is 0 Å². The fourth-order valence-corrected chi connectivity index (χ4v) is 1.35. The molecule has 3 nitrogen and oxygen atoms in total. The lowest BCUT2D eigenvalue weighted by Crippen LogP contribution is -2.18. The first-order chi connectivity index (χ1) is 6.74. The van der Waals surface area contributed by atoms with E-state index in [1.54, 1.807) is 5.48 Å². The zero-order chi connectivity index (χ0) is 10.4. The predicted molar refractivity (Wildman–Crippen MR) is 54.0 cm³/mol. The Morgan fingerprint density at radius 1 is 1.43 bits per heavy atom.